The van der Waals surface area contributed by atoms with E-state index < -0.39 is 36.4 Å². The van der Waals surface area contributed by atoms with Gasteiger partial charge in [0.15, 0.2) is 0 Å². The second-order valence-electron chi connectivity index (χ2n) is 5.25. The molecule has 0 unspecified atom stereocenters. The van der Waals surface area contributed by atoms with Crippen LogP contribution in [0.1, 0.15) is 6.92 Å². The number of aromatic nitrogens is 1. The zero-order valence-corrected chi connectivity index (χ0v) is 15.7. The van der Waals surface area contributed by atoms with Gasteiger partial charge in [-0.1, -0.05) is 6.92 Å². The van der Waals surface area contributed by atoms with Crippen molar-refractivity contribution in [2.45, 2.75) is 16.2 Å². The van der Waals surface area contributed by atoms with Gasteiger partial charge in [-0.15, -0.1) is 11.3 Å². The molecular formula is C15H12F2N2O4S3. The van der Waals surface area contributed by atoms with Crippen molar-refractivity contribution in [1.82, 2.24) is 4.98 Å². The highest BCUT2D eigenvalue weighted by atomic mass is 32.2. The van der Waals surface area contributed by atoms with Gasteiger partial charge in [0.25, 0.3) is 10.0 Å². The van der Waals surface area contributed by atoms with Crippen LogP contribution in [-0.4, -0.2) is 27.6 Å². The summed E-state index contributed by atoms with van der Waals surface area (Å²) in [7, 11) is -7.76. The molecule has 0 saturated heterocycles. The maximum atomic E-state index is 13.7. The highest BCUT2D eigenvalue weighted by Gasteiger charge is 2.21. The maximum Gasteiger partial charge on any atom is 0.264 e. The van der Waals surface area contributed by atoms with E-state index in [1.165, 1.54) is 25.1 Å². The van der Waals surface area contributed by atoms with E-state index in [-0.39, 0.29) is 15.8 Å². The molecule has 0 radical (unpaired) electrons. The molecule has 3 aromatic rings. The molecule has 26 heavy (non-hydrogen) atoms. The number of anilines is 1. The van der Waals surface area contributed by atoms with Crippen molar-refractivity contribution in [2.24, 2.45) is 0 Å². The standard InChI is InChI=1S/C15H12F2N2O4S3/c1-2-25(20,21)15-18-12-5-4-10(8-13(12)24-15)19-26(22,23)14-6-3-9(16)7-11(14)17/h3-8,19H,2H2,1H3. The third kappa shape index (κ3) is 3.55. The lowest BCUT2D eigenvalue weighted by molar-refractivity contribution is 0.551. The summed E-state index contributed by atoms with van der Waals surface area (Å²) in [4.78, 5) is 3.33. The minimum absolute atomic E-state index is 0.0559. The molecule has 0 saturated carbocycles. The first-order chi connectivity index (χ1) is 12.1. The summed E-state index contributed by atoms with van der Waals surface area (Å²) < 4.78 is 77.7. The lowest BCUT2D eigenvalue weighted by atomic mass is 10.3. The Labute approximate surface area is 152 Å². The Kier molecular flexibility index (Phi) is 4.71. The van der Waals surface area contributed by atoms with Crippen LogP contribution in [0.3, 0.4) is 0 Å². The van der Waals surface area contributed by atoms with Crippen molar-refractivity contribution >= 4 is 47.1 Å². The largest absolute Gasteiger partial charge is 0.279 e. The van der Waals surface area contributed by atoms with E-state index in [9.17, 15) is 25.6 Å². The van der Waals surface area contributed by atoms with Gasteiger partial charge in [-0.3, -0.25) is 4.72 Å². The number of sulfonamides is 1. The highest BCUT2D eigenvalue weighted by molar-refractivity contribution is 7.93. The normalized spacial score (nSPS) is 12.4. The molecule has 11 heteroatoms. The molecule has 1 aromatic heterocycles. The van der Waals surface area contributed by atoms with Crippen molar-refractivity contribution < 1.29 is 25.6 Å². The molecular weight excluding hydrogens is 406 g/mol. The number of halogens is 2. The van der Waals surface area contributed by atoms with Crippen LogP contribution in [0, 0.1) is 11.6 Å². The Morgan fingerprint density at radius 2 is 1.81 bits per heavy atom. The van der Waals surface area contributed by atoms with Gasteiger partial charge in [-0.2, -0.15) is 0 Å². The molecule has 2 aromatic carbocycles. The number of nitrogens with zero attached hydrogens (tertiary/aromatic N) is 1. The SMILES string of the molecule is CCS(=O)(=O)c1nc2ccc(NS(=O)(=O)c3ccc(F)cc3F)cc2s1. The van der Waals surface area contributed by atoms with Gasteiger partial charge in [0.05, 0.1) is 21.7 Å². The van der Waals surface area contributed by atoms with Crippen LogP contribution in [0.25, 0.3) is 10.2 Å². The summed E-state index contributed by atoms with van der Waals surface area (Å²) in [6.07, 6.45) is 0. The van der Waals surface area contributed by atoms with Crippen LogP contribution in [0.2, 0.25) is 0 Å². The van der Waals surface area contributed by atoms with Crippen molar-refractivity contribution in [3.8, 4) is 0 Å². The second-order valence-corrected chi connectivity index (χ2v) is 10.4. The lowest BCUT2D eigenvalue weighted by Gasteiger charge is -2.08. The second kappa shape index (κ2) is 6.56. The van der Waals surface area contributed by atoms with Crippen molar-refractivity contribution in [3.63, 3.8) is 0 Å². The van der Waals surface area contributed by atoms with Gasteiger partial charge in [-0.25, -0.2) is 30.6 Å². The summed E-state index contributed by atoms with van der Waals surface area (Å²) in [6, 6.07) is 6.38. The van der Waals surface area contributed by atoms with E-state index in [2.05, 4.69) is 9.71 Å². The van der Waals surface area contributed by atoms with E-state index in [1.54, 1.807) is 0 Å². The molecule has 0 aliphatic heterocycles. The summed E-state index contributed by atoms with van der Waals surface area (Å²) in [5.41, 5.74) is 0.503. The van der Waals surface area contributed by atoms with Crippen LogP contribution >= 0.6 is 11.3 Å². The molecule has 0 bridgehead atoms. The number of fused-ring (bicyclic) bond motifs is 1. The summed E-state index contributed by atoms with van der Waals surface area (Å²) >= 11 is 0.912. The average molecular weight is 418 g/mol. The van der Waals surface area contributed by atoms with Crippen molar-refractivity contribution in [1.29, 1.82) is 0 Å². The fraction of sp³-hybridized carbons (Fsp3) is 0.133. The Bertz CT molecular complexity index is 1200. The number of hydrogen-bond acceptors (Lipinski definition) is 6. The Morgan fingerprint density at radius 3 is 2.46 bits per heavy atom. The van der Waals surface area contributed by atoms with Gasteiger partial charge < -0.3 is 0 Å². The Hall–Kier alpha value is -2.11. The predicted molar refractivity (Wildman–Crippen MR) is 94.5 cm³/mol. The van der Waals surface area contributed by atoms with Gasteiger partial charge >= 0.3 is 0 Å². The van der Waals surface area contributed by atoms with E-state index in [0.29, 0.717) is 16.3 Å². The van der Waals surface area contributed by atoms with E-state index in [0.717, 1.165) is 23.5 Å². The van der Waals surface area contributed by atoms with Crippen LogP contribution in [0.5, 0.6) is 0 Å². The number of hydrogen-bond donors (Lipinski definition) is 1. The molecule has 0 fully saturated rings. The molecule has 6 nitrogen and oxygen atoms in total. The Balaban J connectivity index is 1.98. The van der Waals surface area contributed by atoms with Crippen LogP contribution in [0.4, 0.5) is 14.5 Å². The van der Waals surface area contributed by atoms with Gasteiger partial charge in [0.2, 0.25) is 14.2 Å². The van der Waals surface area contributed by atoms with Crippen molar-refractivity contribution in [3.05, 3.63) is 48.0 Å². The topological polar surface area (TPSA) is 93.2 Å². The van der Waals surface area contributed by atoms with Gasteiger partial charge in [0.1, 0.15) is 16.5 Å². The monoisotopic (exact) mass is 418 g/mol. The smallest absolute Gasteiger partial charge is 0.264 e. The molecule has 0 spiro atoms. The first-order valence-electron chi connectivity index (χ1n) is 7.23. The van der Waals surface area contributed by atoms with Crippen LogP contribution in [0.15, 0.2) is 45.6 Å². The van der Waals surface area contributed by atoms with Crippen LogP contribution in [-0.2, 0) is 19.9 Å². The first-order valence-corrected chi connectivity index (χ1v) is 11.2. The molecule has 1 heterocycles. The van der Waals surface area contributed by atoms with Crippen molar-refractivity contribution in [2.75, 3.05) is 10.5 Å². The fourth-order valence-electron chi connectivity index (χ4n) is 2.13. The minimum Gasteiger partial charge on any atom is -0.279 e. The molecule has 0 aliphatic carbocycles. The predicted octanol–water partition coefficient (Wildman–Crippen LogP) is 3.17. The minimum atomic E-state index is -4.28. The molecule has 1 N–H and O–H groups in total. The molecule has 0 aliphatic rings. The fourth-order valence-corrected chi connectivity index (χ4v) is 5.59. The molecule has 0 amide bonds. The zero-order chi connectivity index (χ0) is 19.1. The van der Waals surface area contributed by atoms with E-state index in [1.807, 2.05) is 0 Å². The highest BCUT2D eigenvalue weighted by Crippen LogP contribution is 2.29. The van der Waals surface area contributed by atoms with E-state index in [4.69, 9.17) is 0 Å². The number of benzene rings is 2. The summed E-state index contributed by atoms with van der Waals surface area (Å²) in [5.74, 6) is -2.21. The molecule has 0 atom stereocenters. The summed E-state index contributed by atoms with van der Waals surface area (Å²) in [6.45, 7) is 1.50. The van der Waals surface area contributed by atoms with Crippen LogP contribution < -0.4 is 4.72 Å². The van der Waals surface area contributed by atoms with E-state index >= 15 is 0 Å². The van der Waals surface area contributed by atoms with Gasteiger partial charge in [0, 0.05) is 6.07 Å². The third-order valence-corrected chi connectivity index (χ3v) is 8.07. The molecule has 3 rings (SSSR count). The first kappa shape index (κ1) is 18.7. The number of nitrogens with one attached hydrogen (secondary N) is 1. The van der Waals surface area contributed by atoms with Gasteiger partial charge in [-0.05, 0) is 30.3 Å². The number of thiazole rings is 1. The zero-order valence-electron chi connectivity index (χ0n) is 13.2. The Morgan fingerprint density at radius 1 is 1.08 bits per heavy atom. The summed E-state index contributed by atoms with van der Waals surface area (Å²) in [5, 5.41) is 0. The number of rotatable bonds is 5. The number of sulfone groups is 1. The maximum absolute atomic E-state index is 13.7. The average Bonchev–Trinajstić information content (AvgIpc) is 2.98. The lowest BCUT2D eigenvalue weighted by Crippen LogP contribution is -2.14. The molecule has 138 valence electrons. The quantitative estimate of drug-likeness (QED) is 0.687. The third-order valence-electron chi connectivity index (χ3n) is 3.45.